The fourth-order valence-electron chi connectivity index (χ4n) is 2.24. The number of rotatable bonds is 5. The van der Waals surface area contributed by atoms with Gasteiger partial charge in [0, 0.05) is 11.1 Å². The predicted molar refractivity (Wildman–Crippen MR) is 99.9 cm³/mol. The number of halogens is 2. The molecule has 0 spiro atoms. The average Bonchev–Trinajstić information content (AvgIpc) is 3.22. The quantitative estimate of drug-likeness (QED) is 0.409. The summed E-state index contributed by atoms with van der Waals surface area (Å²) in [6, 6.07) is 6.04. The maximum Gasteiger partial charge on any atom is 0.266 e. The maximum absolute atomic E-state index is 13.3. The van der Waals surface area contributed by atoms with Crippen LogP contribution >= 0.6 is 0 Å². The van der Waals surface area contributed by atoms with Crippen molar-refractivity contribution in [1.82, 2.24) is 10.8 Å². The molecule has 0 radical (unpaired) electrons. The number of alkyl halides is 2. The van der Waals surface area contributed by atoms with E-state index in [1.54, 1.807) is 18.2 Å². The van der Waals surface area contributed by atoms with E-state index in [1.165, 1.54) is 30.1 Å². The Labute approximate surface area is 166 Å². The number of hydrogen-bond acceptors (Lipinski definition) is 4. The lowest BCUT2D eigenvalue weighted by Crippen LogP contribution is -2.56. The minimum Gasteiger partial charge on any atom is -0.471 e. The van der Waals surface area contributed by atoms with Gasteiger partial charge in [-0.05, 0) is 48.1 Å². The van der Waals surface area contributed by atoms with Gasteiger partial charge in [-0.15, -0.1) is 0 Å². The van der Waals surface area contributed by atoms with E-state index < -0.39 is 29.7 Å². The van der Waals surface area contributed by atoms with E-state index in [-0.39, 0.29) is 5.56 Å². The third-order valence-corrected chi connectivity index (χ3v) is 4.10. The first-order chi connectivity index (χ1) is 13.8. The Bertz CT molecular complexity index is 976. The summed E-state index contributed by atoms with van der Waals surface area (Å²) < 4.78 is 31.4. The summed E-state index contributed by atoms with van der Waals surface area (Å²) in [6.45, 7) is 2.22. The summed E-state index contributed by atoms with van der Waals surface area (Å²) in [5, 5.41) is 11.0. The third kappa shape index (κ3) is 5.68. The molecule has 0 aliphatic heterocycles. The summed E-state index contributed by atoms with van der Waals surface area (Å²) in [7, 11) is 0. The molecule has 0 saturated heterocycles. The van der Waals surface area contributed by atoms with Gasteiger partial charge in [0.1, 0.15) is 12.3 Å². The van der Waals surface area contributed by atoms with Crippen molar-refractivity contribution < 1.29 is 28.0 Å². The number of hydroxylamine groups is 1. The highest BCUT2D eigenvalue weighted by molar-refractivity contribution is 5.97. The number of carbonyl (C=O) groups excluding carboxylic acids is 2. The second-order valence-corrected chi connectivity index (χ2v) is 6.59. The highest BCUT2D eigenvalue weighted by atomic mass is 19.3. The van der Waals surface area contributed by atoms with Gasteiger partial charge >= 0.3 is 0 Å². The molecule has 0 aliphatic rings. The van der Waals surface area contributed by atoms with Gasteiger partial charge in [0.05, 0.1) is 17.2 Å². The molecular weight excluding hydrogens is 382 g/mol. The van der Waals surface area contributed by atoms with E-state index in [0.717, 1.165) is 13.8 Å². The molecule has 1 heterocycles. The molecule has 0 aliphatic carbocycles. The number of benzene rings is 1. The number of furan rings is 1. The van der Waals surface area contributed by atoms with E-state index in [9.17, 15) is 18.4 Å². The molecule has 2 rings (SSSR count). The Hall–Kier alpha value is -3.62. The van der Waals surface area contributed by atoms with Crippen LogP contribution in [-0.4, -0.2) is 29.5 Å². The molecule has 3 N–H and O–H groups in total. The molecule has 0 unspecified atom stereocenters. The van der Waals surface area contributed by atoms with Crippen molar-refractivity contribution in [3.8, 4) is 23.7 Å². The minimum atomic E-state index is -2.91. The van der Waals surface area contributed by atoms with Gasteiger partial charge in [0.2, 0.25) is 6.43 Å². The van der Waals surface area contributed by atoms with Crippen molar-refractivity contribution in [3.63, 3.8) is 0 Å². The van der Waals surface area contributed by atoms with Crippen LogP contribution in [0.4, 0.5) is 8.78 Å². The summed E-state index contributed by atoms with van der Waals surface area (Å²) in [6.07, 6.45) is 0.0750. The van der Waals surface area contributed by atoms with Gasteiger partial charge in [0.25, 0.3) is 11.8 Å². The molecule has 1 aromatic heterocycles. The first-order valence-corrected chi connectivity index (χ1v) is 8.43. The van der Waals surface area contributed by atoms with E-state index in [4.69, 9.17) is 9.62 Å². The zero-order valence-electron chi connectivity index (χ0n) is 15.6. The van der Waals surface area contributed by atoms with E-state index >= 15 is 0 Å². The lowest BCUT2D eigenvalue weighted by atomic mass is 9.84. The summed E-state index contributed by atoms with van der Waals surface area (Å²) in [5.74, 6) is 9.02. The number of amides is 2. The molecule has 150 valence electrons. The van der Waals surface area contributed by atoms with Gasteiger partial charge in [-0.1, -0.05) is 19.8 Å². The van der Waals surface area contributed by atoms with Crippen LogP contribution in [0.25, 0.3) is 0 Å². The molecule has 8 heteroatoms. The largest absolute Gasteiger partial charge is 0.471 e. The van der Waals surface area contributed by atoms with Gasteiger partial charge in [0.15, 0.2) is 0 Å². The molecule has 0 bridgehead atoms. The molecule has 2 amide bonds. The predicted octanol–water partition coefficient (Wildman–Crippen LogP) is 2.58. The minimum absolute atomic E-state index is 0.140. The van der Waals surface area contributed by atoms with Crippen LogP contribution in [0.1, 0.15) is 35.3 Å². The van der Waals surface area contributed by atoms with Crippen molar-refractivity contribution in [1.29, 1.82) is 0 Å². The Morgan fingerprint density at radius 2 is 1.69 bits per heavy atom. The second kappa shape index (κ2) is 9.54. The number of nitrogens with one attached hydrogen (secondary N) is 2. The molecule has 1 atom stereocenters. The zero-order chi connectivity index (χ0) is 21.4. The summed E-state index contributed by atoms with van der Waals surface area (Å²) in [4.78, 5) is 24.1. The van der Waals surface area contributed by atoms with Gasteiger partial charge < -0.3 is 9.73 Å². The summed E-state index contributed by atoms with van der Waals surface area (Å²) >= 11 is 0. The fraction of sp³-hybridized carbons (Fsp3) is 0.238. The molecule has 0 saturated carbocycles. The van der Waals surface area contributed by atoms with Crippen LogP contribution in [0.2, 0.25) is 0 Å². The Kier molecular flexibility index (Phi) is 7.13. The zero-order valence-corrected chi connectivity index (χ0v) is 15.6. The van der Waals surface area contributed by atoms with Crippen LogP contribution < -0.4 is 10.8 Å². The van der Waals surface area contributed by atoms with E-state index in [1.807, 2.05) is 0 Å². The molecule has 0 fully saturated rings. The molecule has 6 nitrogen and oxygen atoms in total. The van der Waals surface area contributed by atoms with Crippen LogP contribution in [0.15, 0.2) is 47.3 Å². The van der Waals surface area contributed by atoms with Crippen LogP contribution in [-0.2, 0) is 4.79 Å². The van der Waals surface area contributed by atoms with Crippen LogP contribution in [0.3, 0.4) is 0 Å². The van der Waals surface area contributed by atoms with Crippen LogP contribution in [0, 0.1) is 29.1 Å². The summed E-state index contributed by atoms with van der Waals surface area (Å²) in [5.41, 5.74) is 0.823. The standard InChI is InChI=1S/C21H18F2N2O4/c1-21(2,20(22)23)17(19(27)25-28)24-18(26)16-9-7-14(8-10-16)5-3-4-6-15-11-12-29-13-15/h7-13,17,20,28H,1-2H3,(H,24,26)(H,25,27)/t17-/m1/s1. The van der Waals surface area contributed by atoms with E-state index in [0.29, 0.717) is 11.1 Å². The highest BCUT2D eigenvalue weighted by Crippen LogP contribution is 2.29. The SMILES string of the molecule is CC(C)(C(F)F)[C@H](NC(=O)c1ccc(C#CC#Cc2ccoc2)cc1)C(=O)NO. The second-order valence-electron chi connectivity index (χ2n) is 6.59. The van der Waals surface area contributed by atoms with Crippen molar-refractivity contribution in [3.05, 3.63) is 59.5 Å². The van der Waals surface area contributed by atoms with Crippen molar-refractivity contribution in [2.24, 2.45) is 5.41 Å². The Morgan fingerprint density at radius 3 is 2.21 bits per heavy atom. The molecular formula is C21H18F2N2O4. The Morgan fingerprint density at radius 1 is 1.07 bits per heavy atom. The van der Waals surface area contributed by atoms with Crippen LogP contribution in [0.5, 0.6) is 0 Å². The Balaban J connectivity index is 2.10. The van der Waals surface area contributed by atoms with Gasteiger partial charge in [-0.2, -0.15) is 0 Å². The van der Waals surface area contributed by atoms with Crippen molar-refractivity contribution in [2.75, 3.05) is 0 Å². The lowest BCUT2D eigenvalue weighted by molar-refractivity contribution is -0.137. The van der Waals surface area contributed by atoms with Gasteiger partial charge in [-0.25, -0.2) is 14.3 Å². The molecule has 29 heavy (non-hydrogen) atoms. The first-order valence-electron chi connectivity index (χ1n) is 8.43. The monoisotopic (exact) mass is 400 g/mol. The number of hydrogen-bond donors (Lipinski definition) is 3. The van der Waals surface area contributed by atoms with Gasteiger partial charge in [-0.3, -0.25) is 14.8 Å². The van der Waals surface area contributed by atoms with Crippen molar-refractivity contribution in [2.45, 2.75) is 26.3 Å². The fourth-order valence-corrected chi connectivity index (χ4v) is 2.24. The normalized spacial score (nSPS) is 11.5. The highest BCUT2D eigenvalue weighted by Gasteiger charge is 2.43. The topological polar surface area (TPSA) is 91.6 Å². The maximum atomic E-state index is 13.3. The smallest absolute Gasteiger partial charge is 0.266 e. The lowest BCUT2D eigenvalue weighted by Gasteiger charge is -2.32. The average molecular weight is 400 g/mol. The number of carbonyl (C=O) groups is 2. The van der Waals surface area contributed by atoms with E-state index in [2.05, 4.69) is 29.0 Å². The molecule has 1 aromatic carbocycles. The third-order valence-electron chi connectivity index (χ3n) is 4.10. The first kappa shape index (κ1) is 21.7. The molecule has 2 aromatic rings. The van der Waals surface area contributed by atoms with Crippen molar-refractivity contribution >= 4 is 11.8 Å².